The fourth-order valence-corrected chi connectivity index (χ4v) is 2.99. The van der Waals surface area contributed by atoms with Crippen LogP contribution in [0.15, 0.2) is 51.4 Å². The van der Waals surface area contributed by atoms with Crippen molar-refractivity contribution in [3.05, 3.63) is 58.3 Å². The van der Waals surface area contributed by atoms with Crippen molar-refractivity contribution in [2.24, 2.45) is 0 Å². The number of benzene rings is 2. The van der Waals surface area contributed by atoms with Crippen molar-refractivity contribution in [2.45, 2.75) is 6.92 Å². The van der Waals surface area contributed by atoms with Gasteiger partial charge in [0.05, 0.1) is 13.7 Å². The summed E-state index contributed by atoms with van der Waals surface area (Å²) in [7, 11) is 1.53. The molecule has 134 valence electrons. The SMILES string of the molecule is COc1cccc2cc(C(=O)NCC(=O)Nc3ccc(Br)cc3C)oc12. The molecule has 3 rings (SSSR count). The van der Waals surface area contributed by atoms with Crippen LogP contribution in [0.4, 0.5) is 5.69 Å². The van der Waals surface area contributed by atoms with Crippen LogP contribution in [-0.2, 0) is 4.79 Å². The predicted octanol–water partition coefficient (Wildman–Crippen LogP) is 3.88. The highest BCUT2D eigenvalue weighted by Crippen LogP contribution is 2.28. The van der Waals surface area contributed by atoms with E-state index in [4.69, 9.17) is 9.15 Å². The Balaban J connectivity index is 1.64. The average molecular weight is 417 g/mol. The highest BCUT2D eigenvalue weighted by Gasteiger charge is 2.15. The Morgan fingerprint density at radius 2 is 2.00 bits per heavy atom. The molecule has 0 atom stereocenters. The maximum absolute atomic E-state index is 12.3. The molecule has 2 N–H and O–H groups in total. The number of hydrogen-bond acceptors (Lipinski definition) is 4. The molecule has 26 heavy (non-hydrogen) atoms. The zero-order valence-electron chi connectivity index (χ0n) is 14.3. The number of halogens is 1. The number of ether oxygens (including phenoxy) is 1. The van der Waals surface area contributed by atoms with Crippen molar-refractivity contribution in [3.63, 3.8) is 0 Å². The average Bonchev–Trinajstić information content (AvgIpc) is 3.06. The monoisotopic (exact) mass is 416 g/mol. The molecule has 0 bridgehead atoms. The molecule has 2 amide bonds. The number of aryl methyl sites for hydroxylation is 1. The van der Waals surface area contributed by atoms with Gasteiger partial charge in [-0.2, -0.15) is 0 Å². The van der Waals surface area contributed by atoms with Gasteiger partial charge in [0.2, 0.25) is 5.91 Å². The molecule has 0 unspecified atom stereocenters. The maximum Gasteiger partial charge on any atom is 0.287 e. The van der Waals surface area contributed by atoms with Gasteiger partial charge in [-0.15, -0.1) is 0 Å². The lowest BCUT2D eigenvalue weighted by Gasteiger charge is -2.09. The highest BCUT2D eigenvalue weighted by atomic mass is 79.9. The third kappa shape index (κ3) is 3.88. The molecule has 0 saturated carbocycles. The second-order valence-corrected chi connectivity index (χ2v) is 6.60. The summed E-state index contributed by atoms with van der Waals surface area (Å²) in [6.45, 7) is 1.73. The van der Waals surface area contributed by atoms with Crippen LogP contribution >= 0.6 is 15.9 Å². The number of para-hydroxylation sites is 1. The second kappa shape index (κ2) is 7.61. The lowest BCUT2D eigenvalue weighted by molar-refractivity contribution is -0.115. The molecule has 0 fully saturated rings. The van der Waals surface area contributed by atoms with Gasteiger partial charge in [-0.05, 0) is 42.8 Å². The molecule has 7 heteroatoms. The largest absolute Gasteiger partial charge is 0.493 e. The first-order valence-corrected chi connectivity index (χ1v) is 8.68. The molecule has 6 nitrogen and oxygen atoms in total. The van der Waals surface area contributed by atoms with Crippen LogP contribution in [0.1, 0.15) is 16.1 Å². The van der Waals surface area contributed by atoms with E-state index in [1.807, 2.05) is 31.2 Å². The quantitative estimate of drug-likeness (QED) is 0.661. The van der Waals surface area contributed by atoms with Crippen LogP contribution in [0.25, 0.3) is 11.0 Å². The van der Waals surface area contributed by atoms with Crippen LogP contribution in [0.5, 0.6) is 5.75 Å². The smallest absolute Gasteiger partial charge is 0.287 e. The molecular weight excluding hydrogens is 400 g/mol. The third-order valence-electron chi connectivity index (χ3n) is 3.82. The van der Waals surface area contributed by atoms with Crippen molar-refractivity contribution in [1.82, 2.24) is 5.32 Å². The molecule has 0 aliphatic carbocycles. The zero-order valence-corrected chi connectivity index (χ0v) is 15.8. The Kier molecular flexibility index (Phi) is 5.27. The summed E-state index contributed by atoms with van der Waals surface area (Å²) in [4.78, 5) is 24.3. The van der Waals surface area contributed by atoms with E-state index in [0.29, 0.717) is 17.0 Å². The number of furan rings is 1. The molecule has 0 saturated heterocycles. The normalized spacial score (nSPS) is 10.6. The van der Waals surface area contributed by atoms with Gasteiger partial charge >= 0.3 is 0 Å². The number of carbonyl (C=O) groups is 2. The van der Waals surface area contributed by atoms with E-state index in [9.17, 15) is 9.59 Å². The lowest BCUT2D eigenvalue weighted by Crippen LogP contribution is -2.32. The van der Waals surface area contributed by atoms with E-state index in [1.165, 1.54) is 7.11 Å². The molecule has 1 heterocycles. The molecular formula is C19H17BrN2O4. The van der Waals surface area contributed by atoms with E-state index >= 15 is 0 Å². The second-order valence-electron chi connectivity index (χ2n) is 5.68. The van der Waals surface area contributed by atoms with E-state index in [1.54, 1.807) is 18.2 Å². The van der Waals surface area contributed by atoms with Crippen molar-refractivity contribution < 1.29 is 18.7 Å². The topological polar surface area (TPSA) is 80.6 Å². The van der Waals surface area contributed by atoms with Crippen LogP contribution in [0, 0.1) is 6.92 Å². The predicted molar refractivity (Wildman–Crippen MR) is 103 cm³/mol. The van der Waals surface area contributed by atoms with E-state index < -0.39 is 5.91 Å². The number of amides is 2. The first kappa shape index (κ1) is 18.0. The standard InChI is InChI=1S/C19H17BrN2O4/c1-11-8-13(20)6-7-14(11)22-17(23)10-21-19(24)16-9-12-4-3-5-15(25-2)18(12)26-16/h3-9H,10H2,1-2H3,(H,21,24)(H,22,23). The summed E-state index contributed by atoms with van der Waals surface area (Å²) in [5.41, 5.74) is 2.11. The summed E-state index contributed by atoms with van der Waals surface area (Å²) in [6, 6.07) is 12.5. The van der Waals surface area contributed by atoms with E-state index in [-0.39, 0.29) is 18.2 Å². The van der Waals surface area contributed by atoms with Crippen molar-refractivity contribution in [2.75, 3.05) is 19.0 Å². The minimum Gasteiger partial charge on any atom is -0.493 e. The number of nitrogens with one attached hydrogen (secondary N) is 2. The number of anilines is 1. The van der Waals surface area contributed by atoms with Crippen molar-refractivity contribution >= 4 is 44.4 Å². The zero-order chi connectivity index (χ0) is 18.7. The van der Waals surface area contributed by atoms with Gasteiger partial charge in [0.15, 0.2) is 17.1 Å². The number of carbonyl (C=O) groups excluding carboxylic acids is 2. The van der Waals surface area contributed by atoms with Gasteiger partial charge in [0, 0.05) is 15.5 Å². The summed E-state index contributed by atoms with van der Waals surface area (Å²) in [6.07, 6.45) is 0. The van der Waals surface area contributed by atoms with Gasteiger partial charge in [0.1, 0.15) is 0 Å². The first-order chi connectivity index (χ1) is 12.5. The Bertz CT molecular complexity index is 981. The number of rotatable bonds is 5. The van der Waals surface area contributed by atoms with Crippen LogP contribution < -0.4 is 15.4 Å². The minimum atomic E-state index is -0.467. The molecule has 0 aliphatic rings. The van der Waals surface area contributed by atoms with Gasteiger partial charge < -0.3 is 19.8 Å². The number of methoxy groups -OCH3 is 1. The fraction of sp³-hybridized carbons (Fsp3) is 0.158. The molecule has 3 aromatic rings. The summed E-state index contributed by atoms with van der Waals surface area (Å²) in [5.74, 6) is -0.120. The molecule has 0 aliphatic heterocycles. The number of hydrogen-bond donors (Lipinski definition) is 2. The van der Waals surface area contributed by atoms with Gasteiger partial charge in [-0.1, -0.05) is 28.1 Å². The van der Waals surface area contributed by atoms with Gasteiger partial charge in [-0.25, -0.2) is 0 Å². The van der Waals surface area contributed by atoms with Crippen molar-refractivity contribution in [3.8, 4) is 5.75 Å². The van der Waals surface area contributed by atoms with Crippen LogP contribution in [0.3, 0.4) is 0 Å². The molecule has 0 radical (unpaired) electrons. The summed E-state index contributed by atoms with van der Waals surface area (Å²) >= 11 is 3.37. The molecule has 0 spiro atoms. The minimum absolute atomic E-state index is 0.122. The van der Waals surface area contributed by atoms with Crippen molar-refractivity contribution in [1.29, 1.82) is 0 Å². The maximum atomic E-state index is 12.3. The van der Waals surface area contributed by atoms with Crippen LogP contribution in [-0.4, -0.2) is 25.5 Å². The Hall–Kier alpha value is -2.80. The Morgan fingerprint density at radius 1 is 1.19 bits per heavy atom. The van der Waals surface area contributed by atoms with Gasteiger partial charge in [-0.3, -0.25) is 9.59 Å². The third-order valence-corrected chi connectivity index (χ3v) is 4.32. The number of fused-ring (bicyclic) bond motifs is 1. The Labute approximate surface area is 158 Å². The highest BCUT2D eigenvalue weighted by molar-refractivity contribution is 9.10. The van der Waals surface area contributed by atoms with Crippen LogP contribution in [0.2, 0.25) is 0 Å². The van der Waals surface area contributed by atoms with Gasteiger partial charge in [0.25, 0.3) is 5.91 Å². The molecule has 1 aromatic heterocycles. The Morgan fingerprint density at radius 3 is 2.73 bits per heavy atom. The lowest BCUT2D eigenvalue weighted by atomic mass is 10.2. The first-order valence-electron chi connectivity index (χ1n) is 7.88. The fourth-order valence-electron chi connectivity index (χ4n) is 2.52. The van der Waals surface area contributed by atoms with E-state index in [2.05, 4.69) is 26.6 Å². The summed E-state index contributed by atoms with van der Waals surface area (Å²) in [5, 5.41) is 6.07. The molecule has 2 aromatic carbocycles. The summed E-state index contributed by atoms with van der Waals surface area (Å²) < 4.78 is 11.7. The van der Waals surface area contributed by atoms with E-state index in [0.717, 1.165) is 15.4 Å².